The molecule has 1 aromatic heterocycles. The number of nitrogens with zero attached hydrogens (tertiary/aromatic N) is 1. The van der Waals surface area contributed by atoms with Gasteiger partial charge in [-0.3, -0.25) is 9.69 Å². The molecule has 2 rings (SSSR count). The van der Waals surface area contributed by atoms with Gasteiger partial charge in [-0.25, -0.2) is 4.79 Å². The zero-order valence-electron chi connectivity index (χ0n) is 9.11. The van der Waals surface area contributed by atoms with Gasteiger partial charge in [-0.2, -0.15) is 0 Å². The molecule has 0 unspecified atom stereocenters. The van der Waals surface area contributed by atoms with E-state index in [-0.39, 0.29) is 11.9 Å². The minimum absolute atomic E-state index is 0.250. The van der Waals surface area contributed by atoms with Crippen LogP contribution >= 0.6 is 11.3 Å². The predicted molar refractivity (Wildman–Crippen MR) is 63.0 cm³/mol. The topological polar surface area (TPSA) is 49.4 Å². The average molecular weight is 236 g/mol. The Morgan fingerprint density at radius 2 is 2.25 bits per heavy atom. The van der Waals surface area contributed by atoms with Gasteiger partial charge in [0, 0.05) is 11.4 Å². The molecule has 0 atom stereocenters. The summed E-state index contributed by atoms with van der Waals surface area (Å²) in [6, 6.07) is 1.64. The van der Waals surface area contributed by atoms with Crippen molar-refractivity contribution < 1.29 is 9.59 Å². The molecule has 1 N–H and O–H groups in total. The molecule has 84 valence electrons. The van der Waals surface area contributed by atoms with Gasteiger partial charge in [-0.15, -0.1) is 11.3 Å². The summed E-state index contributed by atoms with van der Waals surface area (Å²) in [5.74, 6) is -0.250. The van der Waals surface area contributed by atoms with Gasteiger partial charge in [0.2, 0.25) is 0 Å². The third-order valence-corrected chi connectivity index (χ3v) is 3.42. The third kappa shape index (κ3) is 1.74. The van der Waals surface area contributed by atoms with E-state index in [1.54, 1.807) is 24.3 Å². The van der Waals surface area contributed by atoms with Gasteiger partial charge in [-0.1, -0.05) is 0 Å². The zero-order chi connectivity index (χ0) is 11.7. The highest BCUT2D eigenvalue weighted by Gasteiger charge is 2.32. The molecule has 0 radical (unpaired) electrons. The summed E-state index contributed by atoms with van der Waals surface area (Å²) < 4.78 is 0. The fraction of sp³-hybridized carbons (Fsp3) is 0.273. The Morgan fingerprint density at radius 3 is 2.75 bits per heavy atom. The summed E-state index contributed by atoms with van der Waals surface area (Å²) in [4.78, 5) is 25.4. The molecule has 0 spiro atoms. The molecule has 4 nitrogen and oxygen atoms in total. The minimum atomic E-state index is -0.340. The standard InChI is InChI=1S/C11H12N2O2S/c1-3-13-10(14)8(12-11(13)15)6-9-7(2)4-5-16-9/h4-6H,3H2,1-2H3,(H,12,15)/b8-6+. The molecule has 1 aliphatic heterocycles. The van der Waals surface area contributed by atoms with E-state index in [9.17, 15) is 9.59 Å². The number of aryl methyl sites for hydroxylation is 1. The van der Waals surface area contributed by atoms with Gasteiger partial charge in [-0.05, 0) is 36.9 Å². The van der Waals surface area contributed by atoms with Crippen LogP contribution in [0.25, 0.3) is 6.08 Å². The number of imide groups is 1. The largest absolute Gasteiger partial charge is 0.328 e. The summed E-state index contributed by atoms with van der Waals surface area (Å²) in [5, 5.41) is 4.53. The van der Waals surface area contributed by atoms with Crippen molar-refractivity contribution in [1.82, 2.24) is 10.2 Å². The van der Waals surface area contributed by atoms with Crippen LogP contribution in [0, 0.1) is 6.92 Å². The van der Waals surface area contributed by atoms with Crippen molar-refractivity contribution in [3.05, 3.63) is 27.6 Å². The third-order valence-electron chi connectivity index (χ3n) is 2.46. The highest BCUT2D eigenvalue weighted by Crippen LogP contribution is 2.20. The number of urea groups is 1. The molecular weight excluding hydrogens is 224 g/mol. The number of nitrogens with one attached hydrogen (secondary N) is 1. The maximum atomic E-state index is 11.8. The van der Waals surface area contributed by atoms with Crippen molar-refractivity contribution in [2.24, 2.45) is 0 Å². The highest BCUT2D eigenvalue weighted by molar-refractivity contribution is 7.11. The summed E-state index contributed by atoms with van der Waals surface area (Å²) in [6.07, 6.45) is 1.73. The average Bonchev–Trinajstić information content (AvgIpc) is 2.74. The number of likely N-dealkylation sites (N-methyl/N-ethyl adjacent to an activating group) is 1. The molecule has 0 bridgehead atoms. The second-order valence-electron chi connectivity index (χ2n) is 3.51. The lowest BCUT2D eigenvalue weighted by atomic mass is 10.2. The number of thiophene rings is 1. The molecule has 0 aromatic carbocycles. The quantitative estimate of drug-likeness (QED) is 0.630. The Bertz CT molecular complexity index is 476. The van der Waals surface area contributed by atoms with Gasteiger partial charge >= 0.3 is 6.03 Å². The number of amides is 3. The first-order chi connectivity index (χ1) is 7.63. The molecule has 16 heavy (non-hydrogen) atoms. The molecular formula is C11H12N2O2S. The molecule has 2 heterocycles. The van der Waals surface area contributed by atoms with Gasteiger partial charge in [0.05, 0.1) is 0 Å². The summed E-state index contributed by atoms with van der Waals surface area (Å²) in [5.41, 5.74) is 1.46. The molecule has 1 saturated heterocycles. The summed E-state index contributed by atoms with van der Waals surface area (Å²) >= 11 is 1.55. The summed E-state index contributed by atoms with van der Waals surface area (Å²) in [7, 11) is 0. The van der Waals surface area contributed by atoms with Crippen LogP contribution < -0.4 is 5.32 Å². The number of rotatable bonds is 2. The van der Waals surface area contributed by atoms with Crippen molar-refractivity contribution in [3.8, 4) is 0 Å². The maximum Gasteiger partial charge on any atom is 0.328 e. The van der Waals surface area contributed by atoms with E-state index in [4.69, 9.17) is 0 Å². The van der Waals surface area contributed by atoms with E-state index in [2.05, 4.69) is 5.32 Å². The Kier molecular flexibility index (Phi) is 2.78. The first-order valence-electron chi connectivity index (χ1n) is 5.02. The zero-order valence-corrected chi connectivity index (χ0v) is 9.93. The molecule has 3 amide bonds. The molecule has 1 fully saturated rings. The van der Waals surface area contributed by atoms with Crippen molar-refractivity contribution in [1.29, 1.82) is 0 Å². The van der Waals surface area contributed by atoms with Gasteiger partial charge in [0.1, 0.15) is 5.70 Å². The number of hydrogen-bond donors (Lipinski definition) is 1. The smallest absolute Gasteiger partial charge is 0.303 e. The van der Waals surface area contributed by atoms with E-state index >= 15 is 0 Å². The van der Waals surface area contributed by atoms with E-state index in [1.807, 2.05) is 18.4 Å². The normalized spacial score (nSPS) is 18.4. The van der Waals surface area contributed by atoms with E-state index < -0.39 is 0 Å². The fourth-order valence-electron chi connectivity index (χ4n) is 1.52. The van der Waals surface area contributed by atoms with Crippen molar-refractivity contribution >= 4 is 29.4 Å². The first-order valence-corrected chi connectivity index (χ1v) is 5.90. The van der Waals surface area contributed by atoms with Gasteiger partial charge in [0.15, 0.2) is 0 Å². The summed E-state index contributed by atoms with van der Waals surface area (Å²) in [6.45, 7) is 4.14. The SMILES string of the molecule is CCN1C(=O)N/C(=C/c2sccc2C)C1=O. The van der Waals surface area contributed by atoms with Crippen molar-refractivity contribution in [3.63, 3.8) is 0 Å². The monoisotopic (exact) mass is 236 g/mol. The van der Waals surface area contributed by atoms with E-state index in [0.29, 0.717) is 12.2 Å². The molecule has 0 saturated carbocycles. The van der Waals surface area contributed by atoms with Crippen LogP contribution in [0.15, 0.2) is 17.1 Å². The van der Waals surface area contributed by atoms with Crippen LogP contribution in [0.4, 0.5) is 4.79 Å². The predicted octanol–water partition coefficient (Wildman–Crippen LogP) is 1.97. The van der Waals surface area contributed by atoms with E-state index in [0.717, 1.165) is 10.4 Å². The lowest BCUT2D eigenvalue weighted by Crippen LogP contribution is -2.30. The Morgan fingerprint density at radius 1 is 1.50 bits per heavy atom. The second-order valence-corrected chi connectivity index (χ2v) is 4.45. The van der Waals surface area contributed by atoms with Crippen molar-refractivity contribution in [2.75, 3.05) is 6.54 Å². The maximum absolute atomic E-state index is 11.8. The lowest BCUT2D eigenvalue weighted by Gasteiger charge is -2.05. The van der Waals surface area contributed by atoms with Crippen LogP contribution in [-0.4, -0.2) is 23.4 Å². The number of carbonyl (C=O) groups is 2. The number of carbonyl (C=O) groups excluding carboxylic acids is 2. The highest BCUT2D eigenvalue weighted by atomic mass is 32.1. The molecule has 1 aliphatic rings. The Balaban J connectivity index is 2.31. The van der Waals surface area contributed by atoms with Crippen molar-refractivity contribution in [2.45, 2.75) is 13.8 Å². The first kappa shape index (κ1) is 10.9. The lowest BCUT2D eigenvalue weighted by molar-refractivity contribution is -0.122. The van der Waals surface area contributed by atoms with Crippen LogP contribution in [0.5, 0.6) is 0 Å². The van der Waals surface area contributed by atoms with Crippen LogP contribution in [0.3, 0.4) is 0 Å². The van der Waals surface area contributed by atoms with Gasteiger partial charge < -0.3 is 5.32 Å². The number of hydrogen-bond acceptors (Lipinski definition) is 3. The Labute approximate surface area is 97.6 Å². The molecule has 0 aliphatic carbocycles. The van der Waals surface area contributed by atoms with Crippen LogP contribution in [0.1, 0.15) is 17.4 Å². The molecule has 5 heteroatoms. The minimum Gasteiger partial charge on any atom is -0.303 e. The molecule has 1 aromatic rings. The van der Waals surface area contributed by atoms with Crippen LogP contribution in [-0.2, 0) is 4.79 Å². The van der Waals surface area contributed by atoms with Gasteiger partial charge in [0.25, 0.3) is 5.91 Å². The Hall–Kier alpha value is -1.62. The van der Waals surface area contributed by atoms with Crippen LogP contribution in [0.2, 0.25) is 0 Å². The van der Waals surface area contributed by atoms with E-state index in [1.165, 1.54) is 4.90 Å². The fourth-order valence-corrected chi connectivity index (χ4v) is 2.38. The second kappa shape index (κ2) is 4.09.